The largest absolute Gasteiger partial charge is 0.493 e. The molecule has 0 spiro atoms. The van der Waals surface area contributed by atoms with Crippen LogP contribution in [0.4, 0.5) is 5.69 Å². The first-order valence-electron chi connectivity index (χ1n) is 12.7. The molecule has 0 saturated carbocycles. The second-order valence-corrected chi connectivity index (χ2v) is 10.00. The number of fused-ring (bicyclic) bond motifs is 2. The Hall–Kier alpha value is -4.69. The standard InChI is InChI=1S/C31H26ClN3O5/c1-38-28-15-19-11-12-35(17-21(19)16-29(28)39-2)31(37)27-10-9-26(40-27)18-3-6-23(7-4-18)33-30(36)25-14-20-13-22(32)5-8-24(20)34-25/h3-10,13-16,34H,11-12,17H2,1-2H3,(H,33,36). The van der Waals surface area contributed by atoms with Gasteiger partial charge in [-0.25, -0.2) is 0 Å². The summed E-state index contributed by atoms with van der Waals surface area (Å²) in [6, 6.07) is 21.8. The predicted molar refractivity (Wildman–Crippen MR) is 153 cm³/mol. The number of rotatable bonds is 6. The highest BCUT2D eigenvalue weighted by Crippen LogP contribution is 2.34. The van der Waals surface area contributed by atoms with Gasteiger partial charge in [0, 0.05) is 40.3 Å². The maximum atomic E-state index is 13.2. The van der Waals surface area contributed by atoms with Crippen molar-refractivity contribution in [3.63, 3.8) is 0 Å². The summed E-state index contributed by atoms with van der Waals surface area (Å²) < 4.78 is 16.8. The lowest BCUT2D eigenvalue weighted by atomic mass is 9.98. The third-order valence-corrected chi connectivity index (χ3v) is 7.31. The Morgan fingerprint density at radius 2 is 1.68 bits per heavy atom. The number of hydrogen-bond donors (Lipinski definition) is 2. The van der Waals surface area contributed by atoms with Crippen LogP contribution in [0.2, 0.25) is 5.02 Å². The number of nitrogens with one attached hydrogen (secondary N) is 2. The van der Waals surface area contributed by atoms with Gasteiger partial charge in [-0.15, -0.1) is 0 Å². The van der Waals surface area contributed by atoms with Crippen molar-refractivity contribution in [3.05, 3.63) is 100 Å². The summed E-state index contributed by atoms with van der Waals surface area (Å²) in [5, 5.41) is 4.37. The van der Waals surface area contributed by atoms with E-state index in [9.17, 15) is 9.59 Å². The Morgan fingerprint density at radius 1 is 0.925 bits per heavy atom. The number of aromatic amines is 1. The number of benzene rings is 3. The number of halogens is 1. The van der Waals surface area contributed by atoms with Gasteiger partial charge in [0.1, 0.15) is 11.5 Å². The molecular formula is C31H26ClN3O5. The van der Waals surface area contributed by atoms with E-state index in [1.54, 1.807) is 61.6 Å². The number of anilines is 1. The van der Waals surface area contributed by atoms with Gasteiger partial charge in [-0.05, 0) is 90.3 Å². The maximum Gasteiger partial charge on any atom is 0.289 e. The highest BCUT2D eigenvalue weighted by molar-refractivity contribution is 6.31. The first-order chi connectivity index (χ1) is 19.4. The van der Waals surface area contributed by atoms with E-state index >= 15 is 0 Å². The fourth-order valence-corrected chi connectivity index (χ4v) is 5.14. The number of amides is 2. The maximum absolute atomic E-state index is 13.2. The molecular weight excluding hydrogens is 530 g/mol. The van der Waals surface area contributed by atoms with Crippen LogP contribution in [-0.4, -0.2) is 42.5 Å². The number of methoxy groups -OCH3 is 2. The van der Waals surface area contributed by atoms with E-state index in [-0.39, 0.29) is 17.6 Å². The van der Waals surface area contributed by atoms with E-state index < -0.39 is 0 Å². The van der Waals surface area contributed by atoms with Gasteiger partial charge in [0.25, 0.3) is 11.8 Å². The molecule has 202 valence electrons. The number of nitrogens with zero attached hydrogens (tertiary/aromatic N) is 1. The minimum absolute atomic E-state index is 0.171. The van der Waals surface area contributed by atoms with E-state index in [0.29, 0.717) is 53.2 Å². The van der Waals surface area contributed by atoms with Gasteiger partial charge in [0.05, 0.1) is 14.2 Å². The molecule has 3 heterocycles. The Labute approximate surface area is 235 Å². The lowest BCUT2D eigenvalue weighted by Gasteiger charge is -2.29. The summed E-state index contributed by atoms with van der Waals surface area (Å²) >= 11 is 6.05. The molecule has 2 amide bonds. The van der Waals surface area contributed by atoms with Gasteiger partial charge < -0.3 is 29.1 Å². The van der Waals surface area contributed by atoms with Gasteiger partial charge in [-0.2, -0.15) is 0 Å². The van der Waals surface area contributed by atoms with E-state index in [0.717, 1.165) is 27.6 Å². The van der Waals surface area contributed by atoms with Crippen LogP contribution in [0.1, 0.15) is 32.2 Å². The third kappa shape index (κ3) is 4.89. The van der Waals surface area contributed by atoms with Gasteiger partial charge in [0.2, 0.25) is 0 Å². The smallest absolute Gasteiger partial charge is 0.289 e. The lowest BCUT2D eigenvalue weighted by Crippen LogP contribution is -2.35. The summed E-state index contributed by atoms with van der Waals surface area (Å²) in [7, 11) is 3.21. The SMILES string of the molecule is COc1cc2c(cc1OC)CN(C(=O)c1ccc(-c3ccc(NC(=O)c4cc5cc(Cl)ccc5[nH]4)cc3)o1)CC2. The molecule has 1 aliphatic rings. The molecule has 6 rings (SSSR count). The number of ether oxygens (including phenoxy) is 2. The average Bonchev–Trinajstić information content (AvgIpc) is 3.64. The van der Waals surface area contributed by atoms with Gasteiger partial charge in [-0.3, -0.25) is 9.59 Å². The molecule has 3 aromatic carbocycles. The van der Waals surface area contributed by atoms with E-state index in [2.05, 4.69) is 10.3 Å². The van der Waals surface area contributed by atoms with Crippen LogP contribution in [0, 0.1) is 0 Å². The minimum Gasteiger partial charge on any atom is -0.493 e. The summed E-state index contributed by atoms with van der Waals surface area (Å²) in [4.78, 5) is 30.9. The van der Waals surface area contributed by atoms with Crippen LogP contribution in [0.15, 0.2) is 77.2 Å². The number of aromatic nitrogens is 1. The number of hydrogen-bond acceptors (Lipinski definition) is 5. The molecule has 5 aromatic rings. The second kappa shape index (κ2) is 10.5. The highest BCUT2D eigenvalue weighted by Gasteiger charge is 2.26. The highest BCUT2D eigenvalue weighted by atomic mass is 35.5. The monoisotopic (exact) mass is 555 g/mol. The van der Waals surface area contributed by atoms with Crippen molar-refractivity contribution in [2.75, 3.05) is 26.1 Å². The van der Waals surface area contributed by atoms with Crippen LogP contribution >= 0.6 is 11.6 Å². The van der Waals surface area contributed by atoms with Crippen molar-refractivity contribution in [2.45, 2.75) is 13.0 Å². The van der Waals surface area contributed by atoms with Crippen molar-refractivity contribution in [3.8, 4) is 22.8 Å². The number of H-pyrrole nitrogens is 1. The second-order valence-electron chi connectivity index (χ2n) is 9.56. The van der Waals surface area contributed by atoms with Crippen molar-refractivity contribution in [1.82, 2.24) is 9.88 Å². The van der Waals surface area contributed by atoms with Gasteiger partial charge in [0.15, 0.2) is 17.3 Å². The first kappa shape index (κ1) is 25.6. The summed E-state index contributed by atoms with van der Waals surface area (Å²) in [5.41, 5.74) is 4.86. The molecule has 0 atom stereocenters. The Bertz CT molecular complexity index is 1740. The zero-order valence-electron chi connectivity index (χ0n) is 21.9. The molecule has 2 aromatic heterocycles. The zero-order valence-corrected chi connectivity index (χ0v) is 22.7. The molecule has 0 fully saturated rings. The van der Waals surface area contributed by atoms with Crippen LogP contribution in [-0.2, 0) is 13.0 Å². The van der Waals surface area contributed by atoms with E-state index in [1.807, 2.05) is 30.3 Å². The molecule has 0 saturated heterocycles. The molecule has 8 nitrogen and oxygen atoms in total. The van der Waals surface area contributed by atoms with Crippen molar-refractivity contribution >= 4 is 40.0 Å². The molecule has 0 radical (unpaired) electrons. The summed E-state index contributed by atoms with van der Waals surface area (Å²) in [5.74, 6) is 1.74. The molecule has 9 heteroatoms. The van der Waals surface area contributed by atoms with Gasteiger partial charge >= 0.3 is 0 Å². The Balaban J connectivity index is 1.12. The molecule has 40 heavy (non-hydrogen) atoms. The number of carbonyl (C=O) groups is 2. The van der Waals surface area contributed by atoms with Crippen molar-refractivity contribution in [1.29, 1.82) is 0 Å². The quantitative estimate of drug-likeness (QED) is 0.248. The molecule has 0 unspecified atom stereocenters. The average molecular weight is 556 g/mol. The van der Waals surface area contributed by atoms with Crippen LogP contribution in [0.3, 0.4) is 0 Å². The van der Waals surface area contributed by atoms with Gasteiger partial charge in [-0.1, -0.05) is 11.6 Å². The fourth-order valence-electron chi connectivity index (χ4n) is 4.96. The normalized spacial score (nSPS) is 12.7. The lowest BCUT2D eigenvalue weighted by molar-refractivity contribution is 0.0703. The van der Waals surface area contributed by atoms with E-state index in [1.165, 1.54) is 0 Å². The van der Waals surface area contributed by atoms with Crippen molar-refractivity contribution in [2.24, 2.45) is 0 Å². The van der Waals surface area contributed by atoms with E-state index in [4.69, 9.17) is 25.5 Å². The van der Waals surface area contributed by atoms with Crippen LogP contribution < -0.4 is 14.8 Å². The Morgan fingerprint density at radius 3 is 2.42 bits per heavy atom. The summed E-state index contributed by atoms with van der Waals surface area (Å²) in [6.07, 6.45) is 0.717. The third-order valence-electron chi connectivity index (χ3n) is 7.08. The zero-order chi connectivity index (χ0) is 27.8. The number of carbonyl (C=O) groups excluding carboxylic acids is 2. The molecule has 2 N–H and O–H groups in total. The number of furan rings is 1. The topological polar surface area (TPSA) is 96.8 Å². The molecule has 0 aliphatic carbocycles. The van der Waals surface area contributed by atoms with Crippen LogP contribution in [0.25, 0.3) is 22.2 Å². The fraction of sp³-hybridized carbons (Fsp3) is 0.161. The first-order valence-corrected chi connectivity index (χ1v) is 13.1. The molecule has 1 aliphatic heterocycles. The predicted octanol–water partition coefficient (Wildman–Crippen LogP) is 6.55. The van der Waals surface area contributed by atoms with Crippen molar-refractivity contribution < 1.29 is 23.5 Å². The van der Waals surface area contributed by atoms with Crippen LogP contribution in [0.5, 0.6) is 11.5 Å². The minimum atomic E-state index is -0.259. The summed E-state index contributed by atoms with van der Waals surface area (Å²) in [6.45, 7) is 1.04. The molecule has 0 bridgehead atoms. The Kier molecular flexibility index (Phi) is 6.69.